The summed E-state index contributed by atoms with van der Waals surface area (Å²) in [4.78, 5) is 14.2. The number of nitrogens with zero attached hydrogens (tertiary/aromatic N) is 1. The Morgan fingerprint density at radius 3 is 2.90 bits per heavy atom. The molecule has 0 spiro atoms. The van der Waals surface area contributed by atoms with Crippen molar-refractivity contribution >= 4 is 27.5 Å². The number of carbonyl (C=O) groups excluding carboxylic acids is 1. The molecule has 1 saturated heterocycles. The number of benzene rings is 1. The fourth-order valence-electron chi connectivity index (χ4n) is 2.60. The standard InChI is InChI=1S/C16H23BrN2O2/c1-12-10-13(4-5-14(12)17)18-15(20)11-19-8-3-6-16(2,21)7-9-19/h4-5,10,21H,3,6-9,11H2,1-2H3,(H,18,20). The first-order chi connectivity index (χ1) is 9.85. The highest BCUT2D eigenvalue weighted by Gasteiger charge is 2.25. The van der Waals surface area contributed by atoms with E-state index in [-0.39, 0.29) is 5.91 Å². The zero-order chi connectivity index (χ0) is 15.5. The van der Waals surface area contributed by atoms with Crippen LogP contribution in [0.5, 0.6) is 0 Å². The van der Waals surface area contributed by atoms with Crippen molar-refractivity contribution in [3.63, 3.8) is 0 Å². The molecule has 0 saturated carbocycles. The van der Waals surface area contributed by atoms with E-state index < -0.39 is 5.60 Å². The molecule has 0 radical (unpaired) electrons. The van der Waals surface area contributed by atoms with Gasteiger partial charge in [-0.3, -0.25) is 9.69 Å². The molecule has 1 fully saturated rings. The van der Waals surface area contributed by atoms with Gasteiger partial charge in [0.05, 0.1) is 12.1 Å². The molecule has 5 heteroatoms. The third-order valence-corrected chi connectivity index (χ3v) is 4.85. The number of carbonyl (C=O) groups is 1. The van der Waals surface area contributed by atoms with Crippen LogP contribution in [0.15, 0.2) is 22.7 Å². The summed E-state index contributed by atoms with van der Waals surface area (Å²) in [5.74, 6) is -0.00161. The zero-order valence-corrected chi connectivity index (χ0v) is 14.2. The summed E-state index contributed by atoms with van der Waals surface area (Å²) >= 11 is 3.45. The van der Waals surface area contributed by atoms with Crippen molar-refractivity contribution in [2.24, 2.45) is 0 Å². The first kappa shape index (κ1) is 16.5. The molecule has 0 bridgehead atoms. The quantitative estimate of drug-likeness (QED) is 0.877. The topological polar surface area (TPSA) is 52.6 Å². The van der Waals surface area contributed by atoms with Crippen molar-refractivity contribution in [2.75, 3.05) is 25.0 Å². The van der Waals surface area contributed by atoms with Crippen LogP contribution in [-0.4, -0.2) is 41.1 Å². The van der Waals surface area contributed by atoms with E-state index in [9.17, 15) is 9.90 Å². The molecule has 4 nitrogen and oxygen atoms in total. The van der Waals surface area contributed by atoms with Crippen molar-refractivity contribution in [2.45, 2.75) is 38.7 Å². The molecule has 1 aliphatic heterocycles. The van der Waals surface area contributed by atoms with Crippen LogP contribution in [0.1, 0.15) is 31.7 Å². The van der Waals surface area contributed by atoms with E-state index in [1.54, 1.807) is 0 Å². The van der Waals surface area contributed by atoms with E-state index in [0.29, 0.717) is 6.54 Å². The molecule has 1 amide bonds. The van der Waals surface area contributed by atoms with E-state index in [2.05, 4.69) is 26.1 Å². The minimum atomic E-state index is -0.589. The van der Waals surface area contributed by atoms with Crippen LogP contribution >= 0.6 is 15.9 Å². The second kappa shape index (κ2) is 6.90. The summed E-state index contributed by atoms with van der Waals surface area (Å²) in [6.07, 6.45) is 2.45. The van der Waals surface area contributed by atoms with Gasteiger partial charge in [-0.05, 0) is 63.4 Å². The van der Waals surface area contributed by atoms with Crippen LogP contribution in [0.4, 0.5) is 5.69 Å². The minimum absolute atomic E-state index is 0.00161. The van der Waals surface area contributed by atoms with Crippen molar-refractivity contribution in [1.82, 2.24) is 4.90 Å². The van der Waals surface area contributed by atoms with Gasteiger partial charge >= 0.3 is 0 Å². The van der Waals surface area contributed by atoms with E-state index in [1.165, 1.54) is 0 Å². The molecule has 21 heavy (non-hydrogen) atoms. The summed E-state index contributed by atoms with van der Waals surface area (Å²) in [6.45, 7) is 5.88. The largest absolute Gasteiger partial charge is 0.390 e. The number of anilines is 1. The van der Waals surface area contributed by atoms with Gasteiger partial charge in [-0.15, -0.1) is 0 Å². The Kier molecular flexibility index (Phi) is 5.41. The summed E-state index contributed by atoms with van der Waals surface area (Å²) in [6, 6.07) is 5.78. The molecule has 0 aliphatic carbocycles. The van der Waals surface area contributed by atoms with Gasteiger partial charge in [0.2, 0.25) is 5.91 Å². The first-order valence-electron chi connectivity index (χ1n) is 7.36. The van der Waals surface area contributed by atoms with Gasteiger partial charge < -0.3 is 10.4 Å². The lowest BCUT2D eigenvalue weighted by Crippen LogP contribution is -2.35. The highest BCUT2D eigenvalue weighted by atomic mass is 79.9. The number of hydrogen-bond donors (Lipinski definition) is 2. The Labute approximate surface area is 134 Å². The lowest BCUT2D eigenvalue weighted by molar-refractivity contribution is -0.117. The highest BCUT2D eigenvalue weighted by molar-refractivity contribution is 9.10. The minimum Gasteiger partial charge on any atom is -0.390 e. The smallest absolute Gasteiger partial charge is 0.238 e. The fraction of sp³-hybridized carbons (Fsp3) is 0.562. The number of hydrogen-bond acceptors (Lipinski definition) is 3. The molecular weight excluding hydrogens is 332 g/mol. The van der Waals surface area contributed by atoms with Gasteiger partial charge in [-0.2, -0.15) is 0 Å². The van der Waals surface area contributed by atoms with Crippen molar-refractivity contribution in [1.29, 1.82) is 0 Å². The average Bonchev–Trinajstić information content (AvgIpc) is 2.55. The van der Waals surface area contributed by atoms with E-state index in [1.807, 2.05) is 32.0 Å². The number of amides is 1. The molecule has 0 aromatic heterocycles. The van der Waals surface area contributed by atoms with Crippen LogP contribution < -0.4 is 5.32 Å². The predicted molar refractivity (Wildman–Crippen MR) is 88.4 cm³/mol. The van der Waals surface area contributed by atoms with Crippen LogP contribution in [0, 0.1) is 6.92 Å². The van der Waals surface area contributed by atoms with Crippen molar-refractivity contribution < 1.29 is 9.90 Å². The van der Waals surface area contributed by atoms with Crippen molar-refractivity contribution in [3.8, 4) is 0 Å². The van der Waals surface area contributed by atoms with Gasteiger partial charge in [0, 0.05) is 16.7 Å². The number of aryl methyl sites for hydroxylation is 1. The van der Waals surface area contributed by atoms with E-state index in [4.69, 9.17) is 0 Å². The second-order valence-electron chi connectivity index (χ2n) is 6.14. The molecule has 1 atom stereocenters. The number of likely N-dealkylation sites (tertiary alicyclic amines) is 1. The molecule has 1 aliphatic rings. The Morgan fingerprint density at radius 1 is 1.43 bits per heavy atom. The molecule has 1 aromatic carbocycles. The molecule has 1 aromatic rings. The van der Waals surface area contributed by atoms with Gasteiger partial charge in [0.25, 0.3) is 0 Å². The van der Waals surface area contributed by atoms with Gasteiger partial charge in [0.1, 0.15) is 0 Å². The maximum Gasteiger partial charge on any atom is 0.238 e. The molecule has 1 unspecified atom stereocenters. The number of rotatable bonds is 3. The summed E-state index contributed by atoms with van der Waals surface area (Å²) in [7, 11) is 0. The molecule has 2 N–H and O–H groups in total. The third-order valence-electron chi connectivity index (χ3n) is 3.97. The second-order valence-corrected chi connectivity index (χ2v) is 6.99. The molecule has 1 heterocycles. The SMILES string of the molecule is Cc1cc(NC(=O)CN2CCCC(C)(O)CC2)ccc1Br. The monoisotopic (exact) mass is 354 g/mol. The summed E-state index contributed by atoms with van der Waals surface area (Å²) < 4.78 is 1.04. The van der Waals surface area contributed by atoms with E-state index >= 15 is 0 Å². The molecule has 116 valence electrons. The Bertz CT molecular complexity index is 517. The Balaban J connectivity index is 1.88. The molecule has 2 rings (SSSR count). The number of nitrogens with one attached hydrogen (secondary N) is 1. The van der Waals surface area contributed by atoms with Gasteiger partial charge in [0.15, 0.2) is 0 Å². The fourth-order valence-corrected chi connectivity index (χ4v) is 2.85. The number of halogens is 1. The first-order valence-corrected chi connectivity index (χ1v) is 8.16. The highest BCUT2D eigenvalue weighted by Crippen LogP contribution is 2.22. The normalized spacial score (nSPS) is 23.6. The maximum absolute atomic E-state index is 12.1. The number of aliphatic hydroxyl groups is 1. The van der Waals surface area contributed by atoms with Gasteiger partial charge in [-0.1, -0.05) is 15.9 Å². The van der Waals surface area contributed by atoms with Crippen molar-refractivity contribution in [3.05, 3.63) is 28.2 Å². The lowest BCUT2D eigenvalue weighted by atomic mass is 9.98. The summed E-state index contributed by atoms with van der Waals surface area (Å²) in [5.41, 5.74) is 1.33. The van der Waals surface area contributed by atoms with Crippen LogP contribution in [0.2, 0.25) is 0 Å². The van der Waals surface area contributed by atoms with Crippen LogP contribution in [0.3, 0.4) is 0 Å². The van der Waals surface area contributed by atoms with Crippen LogP contribution in [-0.2, 0) is 4.79 Å². The van der Waals surface area contributed by atoms with Crippen LogP contribution in [0.25, 0.3) is 0 Å². The average molecular weight is 355 g/mol. The summed E-state index contributed by atoms with van der Waals surface area (Å²) in [5, 5.41) is 13.0. The zero-order valence-electron chi connectivity index (χ0n) is 12.7. The Hall–Kier alpha value is -0.910. The van der Waals surface area contributed by atoms with E-state index in [0.717, 1.165) is 48.1 Å². The third kappa shape index (κ3) is 5.09. The maximum atomic E-state index is 12.1. The molecular formula is C16H23BrN2O2. The Morgan fingerprint density at radius 2 is 2.19 bits per heavy atom. The predicted octanol–water partition coefficient (Wildman–Crippen LogP) is 2.93. The van der Waals surface area contributed by atoms with Gasteiger partial charge in [-0.25, -0.2) is 0 Å². The lowest BCUT2D eigenvalue weighted by Gasteiger charge is -2.22.